The van der Waals surface area contributed by atoms with Gasteiger partial charge >= 0.3 is 0 Å². The first kappa shape index (κ1) is 18.7. The summed E-state index contributed by atoms with van der Waals surface area (Å²) < 4.78 is 23.9. The molecule has 2 N–H and O–H groups in total. The van der Waals surface area contributed by atoms with Crippen LogP contribution in [-0.2, 0) is 0 Å². The zero-order valence-corrected chi connectivity index (χ0v) is 15.8. The van der Waals surface area contributed by atoms with Crippen molar-refractivity contribution in [2.45, 2.75) is 6.92 Å². The Bertz CT molecular complexity index is 968. The lowest BCUT2D eigenvalue weighted by Crippen LogP contribution is -2.02. The first-order valence-electron chi connectivity index (χ1n) is 8.05. The molecule has 140 valence electrons. The lowest BCUT2D eigenvalue weighted by molar-refractivity contribution is 0.405. The zero-order chi connectivity index (χ0) is 19.4. The van der Waals surface area contributed by atoms with Gasteiger partial charge in [-0.1, -0.05) is 11.6 Å². The third-order valence-corrected chi connectivity index (χ3v) is 3.99. The second-order valence-electron chi connectivity index (χ2n) is 5.63. The van der Waals surface area contributed by atoms with Gasteiger partial charge in [-0.3, -0.25) is 0 Å². The Balaban J connectivity index is 1.88. The molecule has 0 aliphatic carbocycles. The maximum Gasteiger partial charge on any atom is 0.142 e. The molecule has 3 rings (SSSR count). The quantitative estimate of drug-likeness (QED) is 0.613. The number of nitrogens with zero attached hydrogens (tertiary/aromatic N) is 2. The van der Waals surface area contributed by atoms with Crippen molar-refractivity contribution in [2.24, 2.45) is 0 Å². The Morgan fingerprint density at radius 1 is 0.926 bits per heavy atom. The summed E-state index contributed by atoms with van der Waals surface area (Å²) in [5.41, 5.74) is 1.31. The molecule has 0 saturated carbocycles. The molecule has 2 aromatic carbocycles. The predicted molar refractivity (Wildman–Crippen MR) is 104 cm³/mol. The van der Waals surface area contributed by atoms with Crippen molar-refractivity contribution >= 4 is 34.6 Å². The molecule has 0 spiro atoms. The average molecular weight is 389 g/mol. The molecular formula is C19H18ClFN4O2. The van der Waals surface area contributed by atoms with E-state index in [-0.39, 0.29) is 5.02 Å². The number of benzene rings is 2. The summed E-state index contributed by atoms with van der Waals surface area (Å²) in [6, 6.07) is 11.5. The molecule has 1 aromatic heterocycles. The van der Waals surface area contributed by atoms with Crippen molar-refractivity contribution < 1.29 is 13.9 Å². The highest BCUT2D eigenvalue weighted by Gasteiger charge is 2.09. The van der Waals surface area contributed by atoms with Gasteiger partial charge in [0.05, 0.1) is 24.9 Å². The first-order chi connectivity index (χ1) is 13.0. The average Bonchev–Trinajstić information content (AvgIpc) is 2.64. The Hall–Kier alpha value is -3.06. The fourth-order valence-corrected chi connectivity index (χ4v) is 2.65. The molecule has 1 heterocycles. The maximum absolute atomic E-state index is 13.3. The van der Waals surface area contributed by atoms with Crippen LogP contribution in [0.15, 0.2) is 42.5 Å². The number of aromatic nitrogens is 2. The highest BCUT2D eigenvalue weighted by atomic mass is 35.5. The standard InChI is InChI=1S/C19H18ClFN4O2/c1-11-22-18(24-12-4-6-15(21)14(20)8-12)10-19(23-11)25-16-9-13(26-2)5-7-17(16)27-3/h4-10H,1-3H3,(H2,22,23,24,25). The molecule has 0 fully saturated rings. The van der Waals surface area contributed by atoms with E-state index in [1.807, 2.05) is 6.07 Å². The van der Waals surface area contributed by atoms with E-state index < -0.39 is 5.82 Å². The normalized spacial score (nSPS) is 10.4. The van der Waals surface area contributed by atoms with Crippen molar-refractivity contribution in [3.05, 3.63) is 59.1 Å². The maximum atomic E-state index is 13.3. The van der Waals surface area contributed by atoms with Gasteiger partial charge in [0.15, 0.2) is 0 Å². The molecule has 27 heavy (non-hydrogen) atoms. The summed E-state index contributed by atoms with van der Waals surface area (Å²) in [5.74, 6) is 2.50. The van der Waals surface area contributed by atoms with Crippen molar-refractivity contribution in [3.63, 3.8) is 0 Å². The molecule has 0 radical (unpaired) electrons. The molecule has 8 heteroatoms. The van der Waals surface area contributed by atoms with Crippen LogP contribution in [0.2, 0.25) is 5.02 Å². The highest BCUT2D eigenvalue weighted by Crippen LogP contribution is 2.32. The smallest absolute Gasteiger partial charge is 0.142 e. The Morgan fingerprint density at radius 3 is 2.33 bits per heavy atom. The summed E-state index contributed by atoms with van der Waals surface area (Å²) in [4.78, 5) is 8.73. The van der Waals surface area contributed by atoms with Crippen LogP contribution in [0.4, 0.5) is 27.4 Å². The number of aryl methyl sites for hydroxylation is 1. The Morgan fingerprint density at radius 2 is 1.67 bits per heavy atom. The van der Waals surface area contributed by atoms with Crippen LogP contribution in [-0.4, -0.2) is 24.2 Å². The number of rotatable bonds is 6. The van der Waals surface area contributed by atoms with Gasteiger partial charge in [-0.2, -0.15) is 0 Å². The van der Waals surface area contributed by atoms with Gasteiger partial charge in [0.25, 0.3) is 0 Å². The first-order valence-corrected chi connectivity index (χ1v) is 8.43. The zero-order valence-electron chi connectivity index (χ0n) is 15.0. The topological polar surface area (TPSA) is 68.3 Å². The summed E-state index contributed by atoms with van der Waals surface area (Å²) in [6.45, 7) is 1.77. The van der Waals surface area contributed by atoms with E-state index in [4.69, 9.17) is 21.1 Å². The van der Waals surface area contributed by atoms with Gasteiger partial charge in [-0.15, -0.1) is 0 Å². The number of hydrogen-bond acceptors (Lipinski definition) is 6. The third-order valence-electron chi connectivity index (χ3n) is 3.70. The van der Waals surface area contributed by atoms with Gasteiger partial charge in [-0.05, 0) is 37.3 Å². The number of nitrogens with one attached hydrogen (secondary N) is 2. The van der Waals surface area contributed by atoms with Gasteiger partial charge in [-0.25, -0.2) is 14.4 Å². The molecule has 6 nitrogen and oxygen atoms in total. The lowest BCUT2D eigenvalue weighted by atomic mass is 10.2. The van der Waals surface area contributed by atoms with Crippen LogP contribution in [0.3, 0.4) is 0 Å². The van der Waals surface area contributed by atoms with E-state index in [0.717, 1.165) is 0 Å². The summed E-state index contributed by atoms with van der Waals surface area (Å²) >= 11 is 5.83. The van der Waals surface area contributed by atoms with E-state index in [2.05, 4.69) is 20.6 Å². The van der Waals surface area contributed by atoms with Gasteiger partial charge in [0, 0.05) is 17.8 Å². The van der Waals surface area contributed by atoms with E-state index in [1.54, 1.807) is 45.4 Å². The minimum Gasteiger partial charge on any atom is -0.497 e. The number of methoxy groups -OCH3 is 2. The number of halogens is 2. The van der Waals surface area contributed by atoms with E-state index in [9.17, 15) is 4.39 Å². The van der Waals surface area contributed by atoms with E-state index in [1.165, 1.54) is 12.1 Å². The fourth-order valence-electron chi connectivity index (χ4n) is 2.47. The number of hydrogen-bond donors (Lipinski definition) is 2. The minimum absolute atomic E-state index is 0.0326. The largest absolute Gasteiger partial charge is 0.497 e. The third kappa shape index (κ3) is 4.57. The van der Waals surface area contributed by atoms with E-state index in [0.29, 0.717) is 40.3 Å². The Kier molecular flexibility index (Phi) is 5.61. The van der Waals surface area contributed by atoms with Gasteiger partial charge in [0.1, 0.15) is 34.8 Å². The Labute approximate surface area is 161 Å². The van der Waals surface area contributed by atoms with Crippen molar-refractivity contribution in [1.82, 2.24) is 9.97 Å². The van der Waals surface area contributed by atoms with Gasteiger partial charge < -0.3 is 20.1 Å². The van der Waals surface area contributed by atoms with Crippen LogP contribution in [0.1, 0.15) is 5.82 Å². The molecule has 0 aliphatic rings. The lowest BCUT2D eigenvalue weighted by Gasteiger charge is -2.14. The van der Waals surface area contributed by atoms with Crippen LogP contribution in [0, 0.1) is 12.7 Å². The monoisotopic (exact) mass is 388 g/mol. The number of anilines is 4. The molecule has 0 bridgehead atoms. The molecule has 0 unspecified atom stereocenters. The molecule has 0 amide bonds. The van der Waals surface area contributed by atoms with Crippen LogP contribution in [0.25, 0.3) is 0 Å². The van der Waals surface area contributed by atoms with Crippen molar-refractivity contribution in [1.29, 1.82) is 0 Å². The van der Waals surface area contributed by atoms with Crippen LogP contribution < -0.4 is 20.1 Å². The molecular weight excluding hydrogens is 371 g/mol. The summed E-state index contributed by atoms with van der Waals surface area (Å²) in [6.07, 6.45) is 0. The van der Waals surface area contributed by atoms with Crippen molar-refractivity contribution in [3.8, 4) is 11.5 Å². The molecule has 0 aliphatic heterocycles. The molecule has 3 aromatic rings. The van der Waals surface area contributed by atoms with Crippen LogP contribution in [0.5, 0.6) is 11.5 Å². The molecule has 0 saturated heterocycles. The second kappa shape index (κ2) is 8.09. The number of ether oxygens (including phenoxy) is 2. The van der Waals surface area contributed by atoms with Crippen LogP contribution >= 0.6 is 11.6 Å². The SMILES string of the molecule is COc1ccc(OC)c(Nc2cc(Nc3ccc(F)c(Cl)c3)nc(C)n2)c1. The van der Waals surface area contributed by atoms with Crippen molar-refractivity contribution in [2.75, 3.05) is 24.9 Å². The minimum atomic E-state index is -0.478. The summed E-state index contributed by atoms with van der Waals surface area (Å²) in [5, 5.41) is 6.33. The second-order valence-corrected chi connectivity index (χ2v) is 6.04. The highest BCUT2D eigenvalue weighted by molar-refractivity contribution is 6.31. The van der Waals surface area contributed by atoms with Gasteiger partial charge in [0.2, 0.25) is 0 Å². The summed E-state index contributed by atoms with van der Waals surface area (Å²) in [7, 11) is 3.18. The fraction of sp³-hybridized carbons (Fsp3) is 0.158. The van der Waals surface area contributed by atoms with E-state index >= 15 is 0 Å². The molecule has 0 atom stereocenters. The predicted octanol–water partition coefficient (Wildman–Crippen LogP) is 5.08.